The molecule has 6 heteroatoms. The van der Waals surface area contributed by atoms with E-state index in [0.717, 1.165) is 6.42 Å². The van der Waals surface area contributed by atoms with Gasteiger partial charge in [0.1, 0.15) is 11.6 Å². The first-order chi connectivity index (χ1) is 9.22. The minimum Gasteiger partial charge on any atom is -0.492 e. The smallest absolute Gasteiger partial charge is 0.176 e. The van der Waals surface area contributed by atoms with Crippen LogP contribution in [0, 0.1) is 5.82 Å². The first-order valence-electron chi connectivity index (χ1n) is 5.64. The SMILES string of the molecule is NC(=NO)c1c(F)cccc1OCCc1cccs1. The van der Waals surface area contributed by atoms with Gasteiger partial charge in [-0.05, 0) is 23.6 Å². The summed E-state index contributed by atoms with van der Waals surface area (Å²) >= 11 is 1.63. The Morgan fingerprint density at radius 1 is 1.37 bits per heavy atom. The molecular weight excluding hydrogens is 267 g/mol. The minimum absolute atomic E-state index is 0.0174. The van der Waals surface area contributed by atoms with E-state index in [0.29, 0.717) is 6.61 Å². The van der Waals surface area contributed by atoms with Crippen LogP contribution < -0.4 is 10.5 Å². The molecule has 0 radical (unpaired) electrons. The van der Waals surface area contributed by atoms with Crippen molar-refractivity contribution >= 4 is 17.2 Å². The lowest BCUT2D eigenvalue weighted by molar-refractivity contribution is 0.312. The van der Waals surface area contributed by atoms with Crippen molar-refractivity contribution in [2.75, 3.05) is 6.61 Å². The van der Waals surface area contributed by atoms with E-state index in [1.165, 1.54) is 17.0 Å². The average molecular weight is 280 g/mol. The Balaban J connectivity index is 2.09. The van der Waals surface area contributed by atoms with Crippen LogP contribution in [0.2, 0.25) is 0 Å². The molecule has 1 heterocycles. The van der Waals surface area contributed by atoms with Gasteiger partial charge in [-0.1, -0.05) is 17.3 Å². The zero-order chi connectivity index (χ0) is 13.7. The number of hydrogen-bond acceptors (Lipinski definition) is 4. The van der Waals surface area contributed by atoms with Crippen molar-refractivity contribution in [3.05, 3.63) is 52.0 Å². The van der Waals surface area contributed by atoms with Gasteiger partial charge >= 0.3 is 0 Å². The zero-order valence-corrected chi connectivity index (χ0v) is 10.9. The molecule has 0 bridgehead atoms. The summed E-state index contributed by atoms with van der Waals surface area (Å²) in [5.74, 6) is -0.611. The van der Waals surface area contributed by atoms with Crippen molar-refractivity contribution in [2.24, 2.45) is 10.9 Å². The highest BCUT2D eigenvalue weighted by Gasteiger charge is 2.14. The molecule has 2 rings (SSSR count). The molecule has 1 aromatic heterocycles. The molecule has 0 aliphatic heterocycles. The summed E-state index contributed by atoms with van der Waals surface area (Å²) in [4.78, 5) is 1.18. The zero-order valence-electron chi connectivity index (χ0n) is 10.0. The number of benzene rings is 1. The fourth-order valence-corrected chi connectivity index (χ4v) is 2.33. The molecule has 2 aromatic rings. The number of ether oxygens (including phenoxy) is 1. The Morgan fingerprint density at radius 2 is 2.21 bits per heavy atom. The van der Waals surface area contributed by atoms with Crippen LogP contribution in [0.25, 0.3) is 0 Å². The number of hydrogen-bond donors (Lipinski definition) is 2. The van der Waals surface area contributed by atoms with Crippen LogP contribution in [-0.4, -0.2) is 17.6 Å². The molecule has 1 aromatic carbocycles. The number of oxime groups is 1. The molecule has 0 atom stereocenters. The van der Waals surface area contributed by atoms with Gasteiger partial charge in [0.25, 0.3) is 0 Å². The lowest BCUT2D eigenvalue weighted by Gasteiger charge is -2.10. The maximum absolute atomic E-state index is 13.6. The number of thiophene rings is 1. The average Bonchev–Trinajstić information content (AvgIpc) is 2.91. The largest absolute Gasteiger partial charge is 0.492 e. The van der Waals surface area contributed by atoms with Crippen molar-refractivity contribution in [1.29, 1.82) is 0 Å². The van der Waals surface area contributed by atoms with Crippen molar-refractivity contribution in [1.82, 2.24) is 0 Å². The summed E-state index contributed by atoms with van der Waals surface area (Å²) in [6.45, 7) is 0.398. The third kappa shape index (κ3) is 3.23. The van der Waals surface area contributed by atoms with Crippen LogP contribution in [0.1, 0.15) is 10.4 Å². The Morgan fingerprint density at radius 3 is 2.89 bits per heavy atom. The van der Waals surface area contributed by atoms with Gasteiger partial charge < -0.3 is 15.7 Å². The van der Waals surface area contributed by atoms with E-state index in [1.807, 2.05) is 17.5 Å². The Labute approximate surface area is 113 Å². The quantitative estimate of drug-likeness (QED) is 0.383. The van der Waals surface area contributed by atoms with Crippen molar-refractivity contribution in [3.63, 3.8) is 0 Å². The van der Waals surface area contributed by atoms with Crippen LogP contribution >= 0.6 is 11.3 Å². The molecule has 4 nitrogen and oxygen atoms in total. The predicted octanol–water partition coefficient (Wildman–Crippen LogP) is 2.60. The van der Waals surface area contributed by atoms with Crippen molar-refractivity contribution in [2.45, 2.75) is 6.42 Å². The molecule has 0 spiro atoms. The fourth-order valence-electron chi connectivity index (χ4n) is 1.64. The van der Waals surface area contributed by atoms with Crippen molar-refractivity contribution in [3.8, 4) is 5.75 Å². The molecule has 0 saturated carbocycles. The first kappa shape index (κ1) is 13.4. The Bertz CT molecular complexity index is 570. The van der Waals surface area contributed by atoms with Gasteiger partial charge in [-0.2, -0.15) is 0 Å². The molecule has 0 fully saturated rings. The Kier molecular flexibility index (Phi) is 4.35. The highest BCUT2D eigenvalue weighted by atomic mass is 32.1. The normalized spacial score (nSPS) is 11.5. The van der Waals surface area contributed by atoms with Gasteiger partial charge in [-0.25, -0.2) is 4.39 Å². The number of rotatable bonds is 5. The molecule has 3 N–H and O–H groups in total. The van der Waals surface area contributed by atoms with Crippen LogP contribution in [0.4, 0.5) is 4.39 Å². The van der Waals surface area contributed by atoms with E-state index in [9.17, 15) is 4.39 Å². The van der Waals surface area contributed by atoms with Crippen LogP contribution in [-0.2, 0) is 6.42 Å². The monoisotopic (exact) mass is 280 g/mol. The second-order valence-corrected chi connectivity index (χ2v) is 4.81. The summed E-state index contributed by atoms with van der Waals surface area (Å²) < 4.78 is 19.1. The number of nitrogens with zero attached hydrogens (tertiary/aromatic N) is 1. The summed E-state index contributed by atoms with van der Waals surface area (Å²) in [6.07, 6.45) is 0.726. The van der Waals surface area contributed by atoms with Crippen molar-refractivity contribution < 1.29 is 14.3 Å². The minimum atomic E-state index is -0.580. The molecule has 0 unspecified atom stereocenters. The van der Waals surface area contributed by atoms with Gasteiger partial charge in [0, 0.05) is 11.3 Å². The molecule has 0 aliphatic carbocycles. The molecule has 100 valence electrons. The van der Waals surface area contributed by atoms with E-state index in [1.54, 1.807) is 17.4 Å². The third-order valence-electron chi connectivity index (χ3n) is 2.53. The van der Waals surface area contributed by atoms with Crippen LogP contribution in [0.3, 0.4) is 0 Å². The van der Waals surface area contributed by atoms with Gasteiger partial charge in [0.15, 0.2) is 5.84 Å². The van der Waals surface area contributed by atoms with E-state index < -0.39 is 5.82 Å². The van der Waals surface area contributed by atoms with E-state index in [4.69, 9.17) is 15.7 Å². The maximum Gasteiger partial charge on any atom is 0.176 e. The number of nitrogens with two attached hydrogens (primary N) is 1. The molecular formula is C13H13FN2O2S. The topological polar surface area (TPSA) is 67.8 Å². The lowest BCUT2D eigenvalue weighted by atomic mass is 10.1. The van der Waals surface area contributed by atoms with Gasteiger partial charge in [-0.3, -0.25) is 0 Å². The lowest BCUT2D eigenvalue weighted by Crippen LogP contribution is -2.17. The molecule has 0 saturated heterocycles. The standard InChI is InChI=1S/C13H13FN2O2S/c14-10-4-1-5-11(12(10)13(15)16-17)18-7-6-9-3-2-8-19-9/h1-5,8,17H,6-7H2,(H2,15,16). The van der Waals surface area contributed by atoms with Gasteiger partial charge in [0.2, 0.25) is 0 Å². The third-order valence-corrected chi connectivity index (χ3v) is 3.46. The maximum atomic E-state index is 13.6. The predicted molar refractivity (Wildman–Crippen MR) is 72.4 cm³/mol. The Hall–Kier alpha value is -2.08. The molecule has 19 heavy (non-hydrogen) atoms. The second-order valence-electron chi connectivity index (χ2n) is 3.78. The highest BCUT2D eigenvalue weighted by Crippen LogP contribution is 2.21. The van der Waals surface area contributed by atoms with Gasteiger partial charge in [0.05, 0.1) is 12.2 Å². The highest BCUT2D eigenvalue weighted by molar-refractivity contribution is 7.09. The molecule has 0 aliphatic rings. The van der Waals surface area contributed by atoms with E-state index in [2.05, 4.69) is 5.16 Å². The summed E-state index contributed by atoms with van der Waals surface area (Å²) in [5, 5.41) is 13.5. The van der Waals surface area contributed by atoms with Crippen LogP contribution in [0.5, 0.6) is 5.75 Å². The van der Waals surface area contributed by atoms with Gasteiger partial charge in [-0.15, -0.1) is 11.3 Å². The number of amidine groups is 1. The number of halogens is 1. The summed E-state index contributed by atoms with van der Waals surface area (Å²) in [5.41, 5.74) is 5.43. The molecule has 0 amide bonds. The first-order valence-corrected chi connectivity index (χ1v) is 6.52. The van der Waals surface area contributed by atoms with E-state index >= 15 is 0 Å². The summed E-state index contributed by atoms with van der Waals surface area (Å²) in [6, 6.07) is 8.31. The van der Waals surface area contributed by atoms with E-state index in [-0.39, 0.29) is 17.1 Å². The fraction of sp³-hybridized carbons (Fsp3) is 0.154. The second kappa shape index (κ2) is 6.19. The summed E-state index contributed by atoms with van der Waals surface area (Å²) in [7, 11) is 0. The van der Waals surface area contributed by atoms with Crippen LogP contribution in [0.15, 0.2) is 40.9 Å².